The predicted octanol–water partition coefficient (Wildman–Crippen LogP) is 7.00. The lowest BCUT2D eigenvalue weighted by molar-refractivity contribution is -0.0797. The van der Waals surface area contributed by atoms with Crippen LogP contribution in [0, 0.1) is 52.3 Å². The SMILES string of the molecule is CC[C@H](CC[C@@H](C)[C@H]1CCC2[C@@H]3CC=C4C[C@@H](O)CC[C@]4(CO)C3CC[C@@]21C)C(C)C. The average molecular weight is 431 g/mol. The molecule has 0 aliphatic heterocycles. The molecule has 178 valence electrons. The van der Waals surface area contributed by atoms with E-state index < -0.39 is 0 Å². The summed E-state index contributed by atoms with van der Waals surface area (Å²) in [6, 6.07) is 0. The highest BCUT2D eigenvalue weighted by atomic mass is 16.3. The summed E-state index contributed by atoms with van der Waals surface area (Å²) in [6.07, 6.45) is 15.7. The Bertz CT molecular complexity index is 653. The maximum absolute atomic E-state index is 10.6. The maximum atomic E-state index is 10.6. The zero-order valence-electron chi connectivity index (χ0n) is 21.1. The summed E-state index contributed by atoms with van der Waals surface area (Å²) in [5.41, 5.74) is 1.88. The van der Waals surface area contributed by atoms with Crippen LogP contribution >= 0.6 is 0 Å². The van der Waals surface area contributed by atoms with Crippen LogP contribution in [-0.2, 0) is 0 Å². The second kappa shape index (κ2) is 9.13. The Morgan fingerprint density at radius 1 is 1.03 bits per heavy atom. The van der Waals surface area contributed by atoms with Gasteiger partial charge in [0.2, 0.25) is 0 Å². The largest absolute Gasteiger partial charge is 0.395 e. The Kier molecular flexibility index (Phi) is 7.01. The van der Waals surface area contributed by atoms with E-state index in [2.05, 4.69) is 40.7 Å². The van der Waals surface area contributed by atoms with Crippen LogP contribution in [0.2, 0.25) is 0 Å². The number of hydrogen-bond acceptors (Lipinski definition) is 2. The van der Waals surface area contributed by atoms with Crippen LogP contribution in [0.4, 0.5) is 0 Å². The molecule has 4 rings (SSSR count). The van der Waals surface area contributed by atoms with Crippen molar-refractivity contribution < 1.29 is 10.2 Å². The van der Waals surface area contributed by atoms with Crippen molar-refractivity contribution in [1.82, 2.24) is 0 Å². The minimum absolute atomic E-state index is 0.0151. The zero-order chi connectivity index (χ0) is 22.4. The lowest BCUT2D eigenvalue weighted by Gasteiger charge is -2.59. The van der Waals surface area contributed by atoms with Crippen molar-refractivity contribution in [2.75, 3.05) is 6.61 Å². The van der Waals surface area contributed by atoms with Gasteiger partial charge in [0.15, 0.2) is 0 Å². The summed E-state index contributed by atoms with van der Waals surface area (Å²) in [7, 11) is 0. The van der Waals surface area contributed by atoms with Crippen LogP contribution in [0.1, 0.15) is 105 Å². The first kappa shape index (κ1) is 23.8. The van der Waals surface area contributed by atoms with E-state index >= 15 is 0 Å². The van der Waals surface area contributed by atoms with E-state index in [4.69, 9.17) is 0 Å². The summed E-state index contributed by atoms with van der Waals surface area (Å²) >= 11 is 0. The van der Waals surface area contributed by atoms with Crippen LogP contribution in [0.25, 0.3) is 0 Å². The third kappa shape index (κ3) is 3.96. The first-order valence-corrected chi connectivity index (χ1v) is 13.7. The highest BCUT2D eigenvalue weighted by molar-refractivity contribution is 5.26. The van der Waals surface area contributed by atoms with Crippen molar-refractivity contribution >= 4 is 0 Å². The molecule has 0 heterocycles. The minimum Gasteiger partial charge on any atom is -0.395 e. The third-order valence-electron chi connectivity index (χ3n) is 11.3. The molecule has 0 aromatic carbocycles. The number of aliphatic hydroxyl groups is 2. The average Bonchev–Trinajstić information content (AvgIpc) is 3.10. The summed E-state index contributed by atoms with van der Waals surface area (Å²) in [5, 5.41) is 20.9. The molecule has 3 saturated carbocycles. The first-order valence-electron chi connectivity index (χ1n) is 13.7. The Balaban J connectivity index is 1.50. The van der Waals surface area contributed by atoms with Gasteiger partial charge in [0.05, 0.1) is 12.7 Å². The van der Waals surface area contributed by atoms with Crippen molar-refractivity contribution in [3.63, 3.8) is 0 Å². The topological polar surface area (TPSA) is 40.5 Å². The second-order valence-corrected chi connectivity index (χ2v) is 12.7. The molecule has 2 heteroatoms. The van der Waals surface area contributed by atoms with Crippen LogP contribution in [0.3, 0.4) is 0 Å². The fourth-order valence-corrected chi connectivity index (χ4v) is 9.39. The van der Waals surface area contributed by atoms with E-state index in [9.17, 15) is 10.2 Å². The van der Waals surface area contributed by atoms with Gasteiger partial charge in [-0.3, -0.25) is 0 Å². The fourth-order valence-electron chi connectivity index (χ4n) is 9.39. The molecule has 3 fully saturated rings. The van der Waals surface area contributed by atoms with E-state index in [0.29, 0.717) is 17.9 Å². The molecule has 0 aromatic heterocycles. The van der Waals surface area contributed by atoms with Gasteiger partial charge in [0.1, 0.15) is 0 Å². The minimum atomic E-state index is -0.189. The highest BCUT2D eigenvalue weighted by Gasteiger charge is 2.60. The Labute approximate surface area is 192 Å². The fraction of sp³-hybridized carbons (Fsp3) is 0.931. The molecule has 9 atom stereocenters. The van der Waals surface area contributed by atoms with Crippen molar-refractivity contribution in [1.29, 1.82) is 0 Å². The quantitative estimate of drug-likeness (QED) is 0.427. The number of aliphatic hydroxyl groups excluding tert-OH is 2. The molecule has 0 saturated heterocycles. The second-order valence-electron chi connectivity index (χ2n) is 12.7. The van der Waals surface area contributed by atoms with Gasteiger partial charge in [-0.25, -0.2) is 0 Å². The molecule has 0 spiro atoms. The molecule has 0 aromatic rings. The number of fused-ring (bicyclic) bond motifs is 5. The van der Waals surface area contributed by atoms with Crippen molar-refractivity contribution in [3.8, 4) is 0 Å². The molecular weight excluding hydrogens is 380 g/mol. The molecule has 2 nitrogen and oxygen atoms in total. The number of hydrogen-bond donors (Lipinski definition) is 2. The van der Waals surface area contributed by atoms with Gasteiger partial charge < -0.3 is 10.2 Å². The molecule has 4 aliphatic carbocycles. The molecule has 2 unspecified atom stereocenters. The summed E-state index contributed by atoms with van der Waals surface area (Å²) < 4.78 is 0. The molecule has 2 N–H and O–H groups in total. The van der Waals surface area contributed by atoms with E-state index in [0.717, 1.165) is 54.8 Å². The van der Waals surface area contributed by atoms with Gasteiger partial charge in [-0.05, 0) is 105 Å². The van der Waals surface area contributed by atoms with E-state index in [1.54, 1.807) is 0 Å². The normalized spacial score (nSPS) is 44.3. The van der Waals surface area contributed by atoms with Gasteiger partial charge in [-0.1, -0.05) is 59.1 Å². The summed E-state index contributed by atoms with van der Waals surface area (Å²) in [6.45, 7) is 12.7. The molecule has 0 radical (unpaired) electrons. The summed E-state index contributed by atoms with van der Waals surface area (Å²) in [4.78, 5) is 0. The van der Waals surface area contributed by atoms with E-state index in [-0.39, 0.29) is 11.5 Å². The van der Waals surface area contributed by atoms with Gasteiger partial charge in [0.25, 0.3) is 0 Å². The van der Waals surface area contributed by atoms with Crippen LogP contribution in [0.5, 0.6) is 0 Å². The van der Waals surface area contributed by atoms with Gasteiger partial charge in [-0.15, -0.1) is 0 Å². The predicted molar refractivity (Wildman–Crippen MR) is 130 cm³/mol. The maximum Gasteiger partial charge on any atom is 0.0577 e. The smallest absolute Gasteiger partial charge is 0.0577 e. The standard InChI is InChI=1S/C29H50O2/c1-6-21(19(2)3)8-7-20(4)25-11-12-26-24-10-9-22-17-23(31)13-16-29(22,18-30)27(24)14-15-28(25,26)5/h9,19-21,23-27,30-31H,6-8,10-18H2,1-5H3/t20-,21-,23+,24+,25-,26?,27?,28-,29-/m1/s1. The Hall–Kier alpha value is -0.340. The molecule has 4 aliphatic rings. The van der Waals surface area contributed by atoms with Gasteiger partial charge in [0, 0.05) is 5.41 Å². The van der Waals surface area contributed by atoms with Gasteiger partial charge >= 0.3 is 0 Å². The molecule has 0 amide bonds. The van der Waals surface area contributed by atoms with Crippen LogP contribution in [-0.4, -0.2) is 22.9 Å². The van der Waals surface area contributed by atoms with Crippen molar-refractivity contribution in [3.05, 3.63) is 11.6 Å². The first-order chi connectivity index (χ1) is 14.8. The lowest BCUT2D eigenvalue weighted by Crippen LogP contribution is -2.53. The lowest BCUT2D eigenvalue weighted by atomic mass is 9.46. The van der Waals surface area contributed by atoms with E-state index in [1.807, 2.05) is 0 Å². The Morgan fingerprint density at radius 3 is 2.48 bits per heavy atom. The monoisotopic (exact) mass is 430 g/mol. The summed E-state index contributed by atoms with van der Waals surface area (Å²) in [5.74, 6) is 5.64. The molecule has 31 heavy (non-hydrogen) atoms. The van der Waals surface area contributed by atoms with Crippen molar-refractivity contribution in [2.24, 2.45) is 52.3 Å². The molecular formula is C29H50O2. The zero-order valence-corrected chi connectivity index (χ0v) is 21.1. The van der Waals surface area contributed by atoms with Gasteiger partial charge in [-0.2, -0.15) is 0 Å². The number of allylic oxidation sites excluding steroid dienone is 1. The van der Waals surface area contributed by atoms with Crippen LogP contribution in [0.15, 0.2) is 11.6 Å². The highest BCUT2D eigenvalue weighted by Crippen LogP contribution is 2.67. The van der Waals surface area contributed by atoms with E-state index in [1.165, 1.54) is 56.9 Å². The van der Waals surface area contributed by atoms with Crippen molar-refractivity contribution in [2.45, 2.75) is 111 Å². The number of rotatable bonds is 7. The van der Waals surface area contributed by atoms with Crippen LogP contribution < -0.4 is 0 Å². The molecule has 0 bridgehead atoms. The third-order valence-corrected chi connectivity index (χ3v) is 11.3. The Morgan fingerprint density at radius 2 is 1.81 bits per heavy atom.